The molecule has 0 bridgehead atoms. The second kappa shape index (κ2) is 7.43. The second-order valence-electron chi connectivity index (χ2n) is 9.85. The van der Waals surface area contributed by atoms with Crippen LogP contribution in [0.2, 0.25) is 0 Å². The Balaban J connectivity index is 1.59. The maximum Gasteiger partial charge on any atom is 0.337 e. The first-order chi connectivity index (χ1) is 14.8. The molecule has 1 fully saturated rings. The standard InChI is InChI=1S/C25H29NO5/c1-14-21(24(28)31-16-6-4-5-7-16)22(15-8-9-19-20(10-15)30-13-29-19)23-17(26-14)11-25(2,3)12-18(23)27/h8-10,16,22,26H,4-7,11-13H2,1-3H3. The molecule has 0 saturated heterocycles. The number of allylic oxidation sites excluding steroid dienone is 3. The van der Waals surface area contributed by atoms with Gasteiger partial charge in [0.25, 0.3) is 0 Å². The lowest BCUT2D eigenvalue weighted by Gasteiger charge is -2.39. The largest absolute Gasteiger partial charge is 0.459 e. The molecular formula is C25H29NO5. The molecule has 0 radical (unpaired) electrons. The summed E-state index contributed by atoms with van der Waals surface area (Å²) in [6.45, 7) is 6.29. The molecule has 31 heavy (non-hydrogen) atoms. The van der Waals surface area contributed by atoms with E-state index < -0.39 is 5.92 Å². The van der Waals surface area contributed by atoms with Crippen molar-refractivity contribution in [2.75, 3.05) is 6.79 Å². The van der Waals surface area contributed by atoms with Gasteiger partial charge in [0.2, 0.25) is 6.79 Å². The third-order valence-electron chi connectivity index (χ3n) is 6.77. The van der Waals surface area contributed by atoms with Crippen LogP contribution in [-0.4, -0.2) is 24.6 Å². The number of benzene rings is 1. The van der Waals surface area contributed by atoms with E-state index >= 15 is 0 Å². The van der Waals surface area contributed by atoms with Crippen molar-refractivity contribution in [1.29, 1.82) is 0 Å². The van der Waals surface area contributed by atoms with Crippen LogP contribution in [-0.2, 0) is 14.3 Å². The fourth-order valence-electron chi connectivity index (χ4n) is 5.35. The first-order valence-electron chi connectivity index (χ1n) is 11.2. The van der Waals surface area contributed by atoms with E-state index in [1.54, 1.807) is 0 Å². The summed E-state index contributed by atoms with van der Waals surface area (Å²) in [4.78, 5) is 26.7. The van der Waals surface area contributed by atoms with Gasteiger partial charge in [0.15, 0.2) is 17.3 Å². The van der Waals surface area contributed by atoms with Crippen LogP contribution >= 0.6 is 0 Å². The monoisotopic (exact) mass is 423 g/mol. The average Bonchev–Trinajstić information content (AvgIpc) is 3.36. The Labute approximate surface area is 182 Å². The molecule has 1 unspecified atom stereocenters. The van der Waals surface area contributed by atoms with Crippen molar-refractivity contribution in [3.63, 3.8) is 0 Å². The quantitative estimate of drug-likeness (QED) is 0.722. The van der Waals surface area contributed by atoms with Crippen LogP contribution in [0.25, 0.3) is 0 Å². The second-order valence-corrected chi connectivity index (χ2v) is 9.85. The summed E-state index contributed by atoms with van der Waals surface area (Å²) in [6, 6.07) is 5.68. The number of esters is 1. The zero-order valence-corrected chi connectivity index (χ0v) is 18.4. The summed E-state index contributed by atoms with van der Waals surface area (Å²) >= 11 is 0. The zero-order chi connectivity index (χ0) is 21.8. The molecule has 1 aromatic rings. The zero-order valence-electron chi connectivity index (χ0n) is 18.4. The predicted octanol–water partition coefficient (Wildman–Crippen LogP) is 4.51. The van der Waals surface area contributed by atoms with E-state index in [-0.39, 0.29) is 30.1 Å². The van der Waals surface area contributed by atoms with Gasteiger partial charge in [-0.05, 0) is 62.1 Å². The van der Waals surface area contributed by atoms with E-state index in [2.05, 4.69) is 19.2 Å². The Morgan fingerprint density at radius 1 is 1.13 bits per heavy atom. The van der Waals surface area contributed by atoms with Gasteiger partial charge in [-0.3, -0.25) is 4.79 Å². The molecule has 2 aliphatic heterocycles. The highest BCUT2D eigenvalue weighted by Crippen LogP contribution is 2.48. The van der Waals surface area contributed by atoms with Gasteiger partial charge in [-0.25, -0.2) is 4.79 Å². The maximum atomic E-state index is 13.4. The molecule has 0 spiro atoms. The number of carbonyl (C=O) groups excluding carboxylic acids is 2. The lowest BCUT2D eigenvalue weighted by molar-refractivity contribution is -0.144. The first-order valence-corrected chi connectivity index (χ1v) is 11.2. The highest BCUT2D eigenvalue weighted by molar-refractivity contribution is 6.04. The van der Waals surface area contributed by atoms with E-state index in [1.165, 1.54) is 0 Å². The molecule has 5 rings (SSSR count). The van der Waals surface area contributed by atoms with Gasteiger partial charge >= 0.3 is 5.97 Å². The van der Waals surface area contributed by atoms with Crippen molar-refractivity contribution in [2.45, 2.75) is 71.3 Å². The summed E-state index contributed by atoms with van der Waals surface area (Å²) in [7, 11) is 0. The molecule has 2 aliphatic carbocycles. The molecule has 2 heterocycles. The number of ether oxygens (including phenoxy) is 3. The lowest BCUT2D eigenvalue weighted by Crippen LogP contribution is -2.39. The fraction of sp³-hybridized carbons (Fsp3) is 0.520. The Morgan fingerprint density at radius 3 is 2.65 bits per heavy atom. The fourth-order valence-corrected chi connectivity index (χ4v) is 5.35. The molecule has 1 atom stereocenters. The number of rotatable bonds is 3. The van der Waals surface area contributed by atoms with Gasteiger partial charge in [-0.15, -0.1) is 0 Å². The Bertz CT molecular complexity index is 1010. The minimum absolute atomic E-state index is 0.0402. The van der Waals surface area contributed by atoms with Gasteiger partial charge in [-0.1, -0.05) is 19.9 Å². The molecular weight excluding hydrogens is 394 g/mol. The third kappa shape index (κ3) is 3.62. The molecule has 6 nitrogen and oxygen atoms in total. The van der Waals surface area contributed by atoms with Crippen molar-refractivity contribution < 1.29 is 23.8 Å². The Morgan fingerprint density at radius 2 is 1.87 bits per heavy atom. The topological polar surface area (TPSA) is 73.9 Å². The summed E-state index contributed by atoms with van der Waals surface area (Å²) in [5, 5.41) is 3.39. The molecule has 164 valence electrons. The van der Waals surface area contributed by atoms with Crippen molar-refractivity contribution in [2.24, 2.45) is 5.41 Å². The van der Waals surface area contributed by atoms with Crippen LogP contribution in [0, 0.1) is 5.41 Å². The van der Waals surface area contributed by atoms with Gasteiger partial charge in [-0.2, -0.15) is 0 Å². The van der Waals surface area contributed by atoms with Crippen LogP contribution in [0.4, 0.5) is 0 Å². The van der Waals surface area contributed by atoms with E-state index in [9.17, 15) is 9.59 Å². The highest BCUT2D eigenvalue weighted by Gasteiger charge is 2.43. The molecule has 6 heteroatoms. The maximum absolute atomic E-state index is 13.4. The Kier molecular flexibility index (Phi) is 4.83. The predicted molar refractivity (Wildman–Crippen MR) is 115 cm³/mol. The van der Waals surface area contributed by atoms with E-state index in [1.807, 2.05) is 25.1 Å². The minimum Gasteiger partial charge on any atom is -0.459 e. The smallest absolute Gasteiger partial charge is 0.337 e. The summed E-state index contributed by atoms with van der Waals surface area (Å²) in [6.07, 6.45) is 5.16. The number of hydrogen-bond donors (Lipinski definition) is 1. The van der Waals surface area contributed by atoms with Crippen molar-refractivity contribution >= 4 is 11.8 Å². The normalized spacial score (nSPS) is 24.9. The van der Waals surface area contributed by atoms with Crippen LogP contribution in [0.3, 0.4) is 0 Å². The summed E-state index contributed by atoms with van der Waals surface area (Å²) in [5.74, 6) is 0.605. The third-order valence-corrected chi connectivity index (χ3v) is 6.77. The number of hydrogen-bond acceptors (Lipinski definition) is 6. The summed E-state index contributed by atoms with van der Waals surface area (Å²) < 4.78 is 16.9. The van der Waals surface area contributed by atoms with E-state index in [0.29, 0.717) is 29.1 Å². The SMILES string of the molecule is CC1=C(C(=O)OC2CCCC2)C(c2ccc3c(c2)OCO3)C2=C(CC(C)(C)CC2=O)N1. The number of nitrogens with one attached hydrogen (secondary N) is 1. The molecule has 1 aromatic carbocycles. The molecule has 4 aliphatic rings. The number of Topliss-reactive ketones (excluding diaryl/α,β-unsaturated/α-hetero) is 1. The van der Waals surface area contributed by atoms with Crippen LogP contribution in [0.5, 0.6) is 11.5 Å². The Hall–Kier alpha value is -2.76. The van der Waals surface area contributed by atoms with Crippen molar-refractivity contribution in [1.82, 2.24) is 5.32 Å². The average molecular weight is 424 g/mol. The van der Waals surface area contributed by atoms with Gasteiger partial charge < -0.3 is 19.5 Å². The first kappa shape index (κ1) is 20.2. The van der Waals surface area contributed by atoms with Gasteiger partial charge in [0.05, 0.1) is 5.57 Å². The van der Waals surface area contributed by atoms with E-state index in [0.717, 1.165) is 49.1 Å². The highest BCUT2D eigenvalue weighted by atomic mass is 16.7. The number of ketones is 1. The lowest BCUT2D eigenvalue weighted by atomic mass is 9.68. The van der Waals surface area contributed by atoms with Crippen molar-refractivity contribution in [3.8, 4) is 11.5 Å². The number of dihydropyridines is 1. The number of carbonyl (C=O) groups is 2. The molecule has 1 N–H and O–H groups in total. The molecule has 0 aromatic heterocycles. The van der Waals surface area contributed by atoms with Gasteiger partial charge in [0.1, 0.15) is 6.10 Å². The minimum atomic E-state index is -0.469. The molecule has 0 amide bonds. The van der Waals surface area contributed by atoms with Gasteiger partial charge in [0, 0.05) is 29.3 Å². The molecule has 1 saturated carbocycles. The number of fused-ring (bicyclic) bond motifs is 1. The summed E-state index contributed by atoms with van der Waals surface area (Å²) in [5.41, 5.74) is 3.61. The van der Waals surface area contributed by atoms with Crippen LogP contribution in [0.15, 0.2) is 40.7 Å². The van der Waals surface area contributed by atoms with Crippen molar-refractivity contribution in [3.05, 3.63) is 46.3 Å². The van der Waals surface area contributed by atoms with Crippen LogP contribution < -0.4 is 14.8 Å². The van der Waals surface area contributed by atoms with Crippen LogP contribution in [0.1, 0.15) is 70.8 Å². The van der Waals surface area contributed by atoms with E-state index in [4.69, 9.17) is 14.2 Å².